The third-order valence-corrected chi connectivity index (χ3v) is 7.07. The third kappa shape index (κ3) is 5.37. The molecule has 0 unspecified atom stereocenters. The van der Waals surface area contributed by atoms with E-state index in [0.717, 1.165) is 16.4 Å². The maximum atomic E-state index is 13.2. The van der Waals surface area contributed by atoms with E-state index in [-0.39, 0.29) is 27.7 Å². The summed E-state index contributed by atoms with van der Waals surface area (Å²) in [5, 5.41) is 2.81. The van der Waals surface area contributed by atoms with E-state index in [1.54, 1.807) is 18.2 Å². The van der Waals surface area contributed by atoms with Crippen molar-refractivity contribution in [1.29, 1.82) is 0 Å². The fourth-order valence-corrected chi connectivity index (χ4v) is 4.50. The van der Waals surface area contributed by atoms with Gasteiger partial charge in [-0.3, -0.25) is 9.10 Å². The van der Waals surface area contributed by atoms with Gasteiger partial charge in [0.05, 0.1) is 35.4 Å². The van der Waals surface area contributed by atoms with Crippen molar-refractivity contribution in [3.63, 3.8) is 0 Å². The van der Waals surface area contributed by atoms with Crippen LogP contribution >= 0.6 is 11.6 Å². The number of amides is 1. The lowest BCUT2D eigenvalue weighted by Gasteiger charge is -2.20. The Labute approximate surface area is 196 Å². The summed E-state index contributed by atoms with van der Waals surface area (Å²) in [5.74, 6) is 0.100. The van der Waals surface area contributed by atoms with Crippen molar-refractivity contribution < 1.29 is 27.1 Å². The molecular formula is C23H22ClFN2O5S. The van der Waals surface area contributed by atoms with Crippen LogP contribution < -0.4 is 19.1 Å². The number of carbonyl (C=O) groups is 1. The predicted molar refractivity (Wildman–Crippen MR) is 124 cm³/mol. The zero-order chi connectivity index (χ0) is 24.2. The molecule has 3 aromatic carbocycles. The number of benzene rings is 3. The van der Waals surface area contributed by atoms with E-state index in [9.17, 15) is 17.6 Å². The molecule has 7 nitrogen and oxygen atoms in total. The molecule has 174 valence electrons. The zero-order valence-corrected chi connectivity index (χ0v) is 19.7. The molecule has 10 heteroatoms. The van der Waals surface area contributed by atoms with Gasteiger partial charge in [-0.1, -0.05) is 11.6 Å². The first-order valence-electron chi connectivity index (χ1n) is 9.70. The Kier molecular flexibility index (Phi) is 7.45. The molecule has 0 saturated heterocycles. The molecule has 1 amide bonds. The molecule has 0 fully saturated rings. The number of nitrogens with zero attached hydrogens (tertiary/aromatic N) is 1. The Morgan fingerprint density at radius 3 is 2.36 bits per heavy atom. The second kappa shape index (κ2) is 10.1. The number of rotatable bonds is 8. The van der Waals surface area contributed by atoms with E-state index < -0.39 is 21.7 Å². The van der Waals surface area contributed by atoms with Crippen LogP contribution in [-0.4, -0.2) is 35.6 Å². The van der Waals surface area contributed by atoms with Gasteiger partial charge in [-0.15, -0.1) is 0 Å². The topological polar surface area (TPSA) is 84.9 Å². The van der Waals surface area contributed by atoms with Crippen LogP contribution in [0.25, 0.3) is 0 Å². The van der Waals surface area contributed by atoms with Gasteiger partial charge in [-0.2, -0.15) is 0 Å². The highest BCUT2D eigenvalue weighted by molar-refractivity contribution is 7.92. The largest absolute Gasteiger partial charge is 0.497 e. The van der Waals surface area contributed by atoms with Gasteiger partial charge in [0.2, 0.25) is 0 Å². The van der Waals surface area contributed by atoms with E-state index in [2.05, 4.69) is 5.32 Å². The highest BCUT2D eigenvalue weighted by Gasteiger charge is 2.24. The second-order valence-electron chi connectivity index (χ2n) is 6.95. The van der Waals surface area contributed by atoms with Crippen molar-refractivity contribution in [2.75, 3.05) is 25.6 Å². The summed E-state index contributed by atoms with van der Waals surface area (Å²) >= 11 is 6.19. The number of ether oxygens (including phenoxy) is 2. The molecule has 3 rings (SSSR count). The van der Waals surface area contributed by atoms with Crippen LogP contribution in [0.1, 0.15) is 15.9 Å². The van der Waals surface area contributed by atoms with Gasteiger partial charge in [-0.05, 0) is 60.7 Å². The van der Waals surface area contributed by atoms with Gasteiger partial charge in [-0.25, -0.2) is 12.8 Å². The molecule has 0 radical (unpaired) electrons. The maximum absolute atomic E-state index is 13.2. The molecule has 1 N–H and O–H groups in total. The van der Waals surface area contributed by atoms with Crippen LogP contribution in [0.15, 0.2) is 65.6 Å². The predicted octanol–water partition coefficient (Wildman–Crippen LogP) is 4.25. The molecule has 0 heterocycles. The highest BCUT2D eigenvalue weighted by atomic mass is 35.5. The summed E-state index contributed by atoms with van der Waals surface area (Å²) < 4.78 is 50.8. The molecule has 0 spiro atoms. The van der Waals surface area contributed by atoms with Crippen molar-refractivity contribution in [3.05, 3.63) is 82.6 Å². The maximum Gasteiger partial charge on any atom is 0.264 e. The summed E-state index contributed by atoms with van der Waals surface area (Å²) in [4.78, 5) is 12.7. The number of carbonyl (C=O) groups excluding carboxylic acids is 1. The van der Waals surface area contributed by atoms with Gasteiger partial charge >= 0.3 is 0 Å². The number of hydrogen-bond donors (Lipinski definition) is 1. The molecule has 0 aromatic heterocycles. The molecule has 0 saturated carbocycles. The van der Waals surface area contributed by atoms with Crippen LogP contribution in [0.3, 0.4) is 0 Å². The first-order valence-corrected chi connectivity index (χ1v) is 11.5. The number of sulfonamides is 1. The van der Waals surface area contributed by atoms with E-state index in [1.807, 2.05) is 0 Å². The van der Waals surface area contributed by atoms with Crippen LogP contribution in [0.4, 0.5) is 10.1 Å². The van der Waals surface area contributed by atoms with Crippen molar-refractivity contribution >= 4 is 33.2 Å². The third-order valence-electron chi connectivity index (χ3n) is 4.96. The van der Waals surface area contributed by atoms with E-state index in [4.69, 9.17) is 21.1 Å². The van der Waals surface area contributed by atoms with Crippen LogP contribution in [0, 0.1) is 5.82 Å². The van der Waals surface area contributed by atoms with Crippen molar-refractivity contribution in [2.24, 2.45) is 0 Å². The fourth-order valence-electron chi connectivity index (χ4n) is 3.08. The number of anilines is 1. The second-order valence-corrected chi connectivity index (χ2v) is 9.33. The first kappa shape index (κ1) is 24.3. The number of hydrogen-bond acceptors (Lipinski definition) is 5. The van der Waals surface area contributed by atoms with Gasteiger partial charge < -0.3 is 14.8 Å². The monoisotopic (exact) mass is 492 g/mol. The normalized spacial score (nSPS) is 11.1. The summed E-state index contributed by atoms with van der Waals surface area (Å²) in [6, 6.07) is 14.0. The lowest BCUT2D eigenvalue weighted by molar-refractivity contribution is 0.0950. The summed E-state index contributed by atoms with van der Waals surface area (Å²) in [5.41, 5.74) is 0.927. The van der Waals surface area contributed by atoms with E-state index in [0.29, 0.717) is 17.1 Å². The smallest absolute Gasteiger partial charge is 0.264 e. The molecule has 3 aromatic rings. The summed E-state index contributed by atoms with van der Waals surface area (Å²) in [7, 11) is 0.347. The Morgan fingerprint density at radius 1 is 1.03 bits per heavy atom. The minimum Gasteiger partial charge on any atom is -0.497 e. The van der Waals surface area contributed by atoms with Crippen molar-refractivity contribution in [1.82, 2.24) is 5.32 Å². The lowest BCUT2D eigenvalue weighted by Crippen LogP contribution is -2.27. The fraction of sp³-hybridized carbons (Fsp3) is 0.174. The zero-order valence-electron chi connectivity index (χ0n) is 18.1. The van der Waals surface area contributed by atoms with E-state index >= 15 is 0 Å². The minimum absolute atomic E-state index is 0.00730. The summed E-state index contributed by atoms with van der Waals surface area (Å²) in [6.07, 6.45) is 0. The SMILES string of the molecule is COc1ccc(OC)c(CNC(=O)c2cc(S(=O)(=O)N(C)c3ccc(F)cc3)ccc2Cl)c1. The number of nitrogens with one attached hydrogen (secondary N) is 1. The molecule has 0 aliphatic rings. The Hall–Kier alpha value is -3.30. The lowest BCUT2D eigenvalue weighted by atomic mass is 10.1. The average Bonchev–Trinajstić information content (AvgIpc) is 2.82. The van der Waals surface area contributed by atoms with E-state index in [1.165, 1.54) is 51.6 Å². The standard InChI is InChI=1S/C23H22ClFN2O5S/c1-27(17-6-4-16(25)5-7-17)33(29,30)19-9-10-21(24)20(13-19)23(28)26-14-15-12-18(31-2)8-11-22(15)32-3/h4-13H,14H2,1-3H3,(H,26,28). The Balaban J connectivity index is 1.85. The molecule has 0 atom stereocenters. The van der Waals surface area contributed by atoms with Crippen LogP contribution in [-0.2, 0) is 16.6 Å². The highest BCUT2D eigenvalue weighted by Crippen LogP contribution is 2.27. The molecule has 33 heavy (non-hydrogen) atoms. The molecular weight excluding hydrogens is 471 g/mol. The van der Waals surface area contributed by atoms with Gasteiger partial charge in [0.15, 0.2) is 0 Å². The van der Waals surface area contributed by atoms with Gasteiger partial charge in [0.25, 0.3) is 15.9 Å². The van der Waals surface area contributed by atoms with Gasteiger partial charge in [0, 0.05) is 19.2 Å². The van der Waals surface area contributed by atoms with Crippen molar-refractivity contribution in [3.8, 4) is 11.5 Å². The number of halogens is 2. The van der Waals surface area contributed by atoms with Crippen LogP contribution in [0.5, 0.6) is 11.5 Å². The average molecular weight is 493 g/mol. The van der Waals surface area contributed by atoms with Crippen LogP contribution in [0.2, 0.25) is 5.02 Å². The Bertz CT molecular complexity index is 1270. The molecule has 0 aliphatic heterocycles. The number of methoxy groups -OCH3 is 2. The quantitative estimate of drug-likeness (QED) is 0.508. The Morgan fingerprint density at radius 2 is 1.73 bits per heavy atom. The van der Waals surface area contributed by atoms with Gasteiger partial charge in [0.1, 0.15) is 17.3 Å². The molecule has 0 aliphatic carbocycles. The minimum atomic E-state index is -4.03. The first-order chi connectivity index (χ1) is 15.7. The molecule has 0 bridgehead atoms. The van der Waals surface area contributed by atoms with Crippen molar-refractivity contribution in [2.45, 2.75) is 11.4 Å². The summed E-state index contributed by atoms with van der Waals surface area (Å²) in [6.45, 7) is 0.0992.